The molecule has 0 spiro atoms. The molecule has 0 fully saturated rings. The highest BCUT2D eigenvalue weighted by atomic mass is 16.1. The van der Waals surface area contributed by atoms with E-state index in [1.165, 1.54) is 11.1 Å². The molecular formula is C16H20N4O. The molecule has 5 nitrogen and oxygen atoms in total. The highest BCUT2D eigenvalue weighted by molar-refractivity contribution is 5.98. The summed E-state index contributed by atoms with van der Waals surface area (Å²) in [4.78, 5) is 11.7. The molecule has 0 bridgehead atoms. The van der Waals surface area contributed by atoms with Crippen molar-refractivity contribution in [3.05, 3.63) is 46.6 Å². The molecule has 1 aromatic heterocycles. The summed E-state index contributed by atoms with van der Waals surface area (Å²) in [6.07, 6.45) is 2.85. The Bertz CT molecular complexity index is 690. The van der Waals surface area contributed by atoms with E-state index < -0.39 is 5.91 Å². The number of aromatic nitrogens is 2. The standard InChI is InChI=1S/C16H20N4O/c1-2-20-15(17)13(16(18)21)14(19-20)12-8-7-10-5-3-4-6-11(10)9-12/h3-6,12H,2,7-9,17H2,1H3,(H2,18,21)/t12-/m1/s1. The zero-order valence-electron chi connectivity index (χ0n) is 12.2. The van der Waals surface area contributed by atoms with Crippen LogP contribution in [-0.4, -0.2) is 15.7 Å². The van der Waals surface area contributed by atoms with E-state index in [2.05, 4.69) is 29.4 Å². The monoisotopic (exact) mass is 284 g/mol. The topological polar surface area (TPSA) is 86.9 Å². The second-order valence-electron chi connectivity index (χ2n) is 5.53. The molecule has 0 radical (unpaired) electrons. The predicted molar refractivity (Wildman–Crippen MR) is 82.0 cm³/mol. The van der Waals surface area contributed by atoms with E-state index in [1.54, 1.807) is 4.68 Å². The van der Waals surface area contributed by atoms with Crippen LogP contribution in [0.2, 0.25) is 0 Å². The molecule has 0 saturated heterocycles. The Labute approximate surface area is 123 Å². The lowest BCUT2D eigenvalue weighted by atomic mass is 9.81. The highest BCUT2D eigenvalue weighted by Crippen LogP contribution is 2.35. The highest BCUT2D eigenvalue weighted by Gasteiger charge is 2.28. The number of amides is 1. The molecule has 5 heteroatoms. The summed E-state index contributed by atoms with van der Waals surface area (Å²) in [6.45, 7) is 2.59. The fourth-order valence-corrected chi connectivity index (χ4v) is 3.20. The maximum absolute atomic E-state index is 11.7. The van der Waals surface area contributed by atoms with Gasteiger partial charge in [-0.15, -0.1) is 0 Å². The van der Waals surface area contributed by atoms with E-state index in [0.717, 1.165) is 25.0 Å². The number of rotatable bonds is 3. The van der Waals surface area contributed by atoms with Crippen molar-refractivity contribution in [3.8, 4) is 0 Å². The number of carbonyl (C=O) groups excluding carboxylic acids is 1. The average molecular weight is 284 g/mol. The van der Waals surface area contributed by atoms with Gasteiger partial charge in [0.2, 0.25) is 0 Å². The van der Waals surface area contributed by atoms with Crippen LogP contribution in [0.4, 0.5) is 5.82 Å². The van der Waals surface area contributed by atoms with Crippen molar-refractivity contribution in [1.29, 1.82) is 0 Å². The van der Waals surface area contributed by atoms with Gasteiger partial charge in [0.1, 0.15) is 11.4 Å². The summed E-state index contributed by atoms with van der Waals surface area (Å²) in [5, 5.41) is 4.54. The van der Waals surface area contributed by atoms with E-state index in [4.69, 9.17) is 11.5 Å². The lowest BCUT2D eigenvalue weighted by molar-refractivity contribution is 0.0999. The van der Waals surface area contributed by atoms with Crippen molar-refractivity contribution in [2.75, 3.05) is 5.73 Å². The number of nitrogens with zero attached hydrogens (tertiary/aromatic N) is 2. The Hall–Kier alpha value is -2.30. The molecule has 21 heavy (non-hydrogen) atoms. The van der Waals surface area contributed by atoms with Gasteiger partial charge in [0.05, 0.1) is 5.69 Å². The summed E-state index contributed by atoms with van der Waals surface area (Å²) in [7, 11) is 0. The minimum atomic E-state index is -0.485. The van der Waals surface area contributed by atoms with Crippen LogP contribution in [0.1, 0.15) is 46.4 Å². The minimum absolute atomic E-state index is 0.206. The lowest BCUT2D eigenvalue weighted by Gasteiger charge is -2.23. The van der Waals surface area contributed by atoms with Gasteiger partial charge in [0, 0.05) is 12.5 Å². The molecule has 0 saturated carbocycles. The molecule has 2 aromatic rings. The summed E-state index contributed by atoms with van der Waals surface area (Å²) in [6, 6.07) is 8.43. The smallest absolute Gasteiger partial charge is 0.254 e. The molecule has 1 aromatic carbocycles. The molecule has 1 heterocycles. The second kappa shape index (κ2) is 5.24. The lowest BCUT2D eigenvalue weighted by Crippen LogP contribution is -2.19. The largest absolute Gasteiger partial charge is 0.383 e. The van der Waals surface area contributed by atoms with Crippen molar-refractivity contribution in [3.63, 3.8) is 0 Å². The van der Waals surface area contributed by atoms with Crippen LogP contribution in [0.3, 0.4) is 0 Å². The fraction of sp³-hybridized carbons (Fsp3) is 0.375. The Kier molecular flexibility index (Phi) is 3.41. The molecule has 3 rings (SSSR count). The van der Waals surface area contributed by atoms with Gasteiger partial charge in [-0.2, -0.15) is 5.10 Å². The van der Waals surface area contributed by atoms with E-state index in [0.29, 0.717) is 17.9 Å². The van der Waals surface area contributed by atoms with Gasteiger partial charge in [-0.1, -0.05) is 24.3 Å². The maximum Gasteiger partial charge on any atom is 0.254 e. The second-order valence-corrected chi connectivity index (χ2v) is 5.53. The number of nitrogens with two attached hydrogens (primary N) is 2. The Morgan fingerprint density at radius 1 is 1.38 bits per heavy atom. The zero-order valence-corrected chi connectivity index (χ0v) is 12.2. The number of hydrogen-bond acceptors (Lipinski definition) is 3. The molecule has 1 aliphatic carbocycles. The SMILES string of the molecule is CCn1nc([C@@H]2CCc3ccccc3C2)c(C(N)=O)c1N. The van der Waals surface area contributed by atoms with Gasteiger partial charge in [0.25, 0.3) is 5.91 Å². The zero-order chi connectivity index (χ0) is 15.0. The van der Waals surface area contributed by atoms with Crippen molar-refractivity contribution < 1.29 is 4.79 Å². The third-order valence-corrected chi connectivity index (χ3v) is 4.30. The Morgan fingerprint density at radius 2 is 2.10 bits per heavy atom. The van der Waals surface area contributed by atoms with Gasteiger partial charge in [-0.3, -0.25) is 4.79 Å². The normalized spacial score (nSPS) is 17.5. The fourth-order valence-electron chi connectivity index (χ4n) is 3.20. The first kappa shape index (κ1) is 13.7. The number of carbonyl (C=O) groups is 1. The van der Waals surface area contributed by atoms with Gasteiger partial charge in [-0.05, 0) is 37.3 Å². The molecule has 4 N–H and O–H groups in total. The van der Waals surface area contributed by atoms with Crippen LogP contribution >= 0.6 is 0 Å². The average Bonchev–Trinajstić information content (AvgIpc) is 2.83. The summed E-state index contributed by atoms with van der Waals surface area (Å²) >= 11 is 0. The Morgan fingerprint density at radius 3 is 2.76 bits per heavy atom. The molecule has 1 atom stereocenters. The molecule has 110 valence electrons. The third-order valence-electron chi connectivity index (χ3n) is 4.30. The number of hydrogen-bond donors (Lipinski definition) is 2. The molecule has 0 aliphatic heterocycles. The molecule has 1 amide bonds. The van der Waals surface area contributed by atoms with Gasteiger partial charge in [0.15, 0.2) is 0 Å². The van der Waals surface area contributed by atoms with Crippen LogP contribution < -0.4 is 11.5 Å². The summed E-state index contributed by atoms with van der Waals surface area (Å²) in [5.41, 5.74) is 15.4. The van der Waals surface area contributed by atoms with Gasteiger partial charge in [-0.25, -0.2) is 4.68 Å². The first-order valence-electron chi connectivity index (χ1n) is 7.34. The van der Waals surface area contributed by atoms with Crippen LogP contribution in [0.5, 0.6) is 0 Å². The van der Waals surface area contributed by atoms with Crippen molar-refractivity contribution in [2.45, 2.75) is 38.6 Å². The quantitative estimate of drug-likeness (QED) is 0.901. The third kappa shape index (κ3) is 2.28. The molecular weight excluding hydrogens is 264 g/mol. The van der Waals surface area contributed by atoms with E-state index in [-0.39, 0.29) is 5.92 Å². The number of benzene rings is 1. The Balaban J connectivity index is 2.00. The minimum Gasteiger partial charge on any atom is -0.383 e. The van der Waals surface area contributed by atoms with Crippen molar-refractivity contribution in [2.24, 2.45) is 5.73 Å². The first-order chi connectivity index (χ1) is 10.1. The maximum atomic E-state index is 11.7. The van der Waals surface area contributed by atoms with Crippen LogP contribution in [0, 0.1) is 0 Å². The van der Waals surface area contributed by atoms with Gasteiger partial charge < -0.3 is 11.5 Å². The number of primary amides is 1. The van der Waals surface area contributed by atoms with Crippen LogP contribution in [0.25, 0.3) is 0 Å². The van der Waals surface area contributed by atoms with Crippen LogP contribution in [0.15, 0.2) is 24.3 Å². The number of anilines is 1. The van der Waals surface area contributed by atoms with E-state index in [9.17, 15) is 4.79 Å². The number of fused-ring (bicyclic) bond motifs is 1. The molecule has 0 unspecified atom stereocenters. The van der Waals surface area contributed by atoms with Crippen molar-refractivity contribution in [1.82, 2.24) is 9.78 Å². The molecule has 1 aliphatic rings. The van der Waals surface area contributed by atoms with Gasteiger partial charge >= 0.3 is 0 Å². The number of aryl methyl sites for hydroxylation is 2. The summed E-state index contributed by atoms with van der Waals surface area (Å²) in [5.74, 6) is 0.109. The number of nitrogen functional groups attached to an aromatic ring is 1. The summed E-state index contributed by atoms with van der Waals surface area (Å²) < 4.78 is 1.66. The predicted octanol–water partition coefficient (Wildman–Crippen LogP) is 1.86. The van der Waals surface area contributed by atoms with E-state index >= 15 is 0 Å². The first-order valence-corrected chi connectivity index (χ1v) is 7.34. The van der Waals surface area contributed by atoms with E-state index in [1.807, 2.05) is 6.92 Å². The van der Waals surface area contributed by atoms with Crippen LogP contribution in [-0.2, 0) is 19.4 Å². The van der Waals surface area contributed by atoms with Crippen molar-refractivity contribution >= 4 is 11.7 Å².